The molecule has 0 aliphatic heterocycles. The number of aromatic nitrogens is 2. The van der Waals surface area contributed by atoms with Crippen molar-refractivity contribution in [2.75, 3.05) is 0 Å². The fourth-order valence-electron chi connectivity index (χ4n) is 1.52. The number of nitrogens with one attached hydrogen (secondary N) is 1. The standard InChI is InChI=1S/C12H10BrFN2S/c1-2-9-10(13)12(17)16-11(15-9)7-4-3-5-8(14)6-7/h3-6H,2H2,1H3,(H,15,16,17). The summed E-state index contributed by atoms with van der Waals surface area (Å²) in [6.45, 7) is 2.01. The van der Waals surface area contributed by atoms with E-state index in [4.69, 9.17) is 12.2 Å². The largest absolute Gasteiger partial charge is 0.342 e. The SMILES string of the molecule is CCc1[nH]c(-c2cccc(F)c2)nc(=S)c1Br. The van der Waals surface area contributed by atoms with Crippen LogP contribution in [0.3, 0.4) is 0 Å². The highest BCUT2D eigenvalue weighted by Gasteiger charge is 2.07. The maximum atomic E-state index is 13.1. The predicted octanol–water partition coefficient (Wildman–Crippen LogP) is 4.27. The second kappa shape index (κ2) is 5.06. The number of H-pyrrole nitrogens is 1. The van der Waals surface area contributed by atoms with E-state index in [1.165, 1.54) is 12.1 Å². The first-order valence-electron chi connectivity index (χ1n) is 5.16. The molecule has 88 valence electrons. The zero-order valence-electron chi connectivity index (χ0n) is 9.13. The first-order valence-corrected chi connectivity index (χ1v) is 6.36. The lowest BCUT2D eigenvalue weighted by molar-refractivity contribution is 0.628. The fraction of sp³-hybridized carbons (Fsp3) is 0.167. The van der Waals surface area contributed by atoms with E-state index in [0.717, 1.165) is 16.6 Å². The van der Waals surface area contributed by atoms with E-state index in [-0.39, 0.29) is 5.82 Å². The number of benzene rings is 1. The molecule has 0 bridgehead atoms. The summed E-state index contributed by atoms with van der Waals surface area (Å²) < 4.78 is 14.4. The van der Waals surface area contributed by atoms with Crippen LogP contribution in [-0.4, -0.2) is 9.97 Å². The molecule has 2 nitrogen and oxygen atoms in total. The van der Waals surface area contributed by atoms with E-state index in [0.29, 0.717) is 16.0 Å². The number of hydrogen-bond donors (Lipinski definition) is 1. The van der Waals surface area contributed by atoms with E-state index in [1.54, 1.807) is 12.1 Å². The molecule has 0 amide bonds. The predicted molar refractivity (Wildman–Crippen MR) is 71.9 cm³/mol. The molecule has 5 heteroatoms. The fourth-order valence-corrected chi connectivity index (χ4v) is 2.20. The molecule has 0 aliphatic rings. The quantitative estimate of drug-likeness (QED) is 0.839. The zero-order valence-corrected chi connectivity index (χ0v) is 11.5. The van der Waals surface area contributed by atoms with Gasteiger partial charge in [-0.1, -0.05) is 31.3 Å². The molecule has 0 aliphatic carbocycles. The Hall–Kier alpha value is -1.07. The molecule has 0 fully saturated rings. The van der Waals surface area contributed by atoms with Gasteiger partial charge in [-0.3, -0.25) is 0 Å². The minimum Gasteiger partial charge on any atom is -0.342 e. The summed E-state index contributed by atoms with van der Waals surface area (Å²) in [7, 11) is 0. The van der Waals surface area contributed by atoms with Crippen LogP contribution in [-0.2, 0) is 6.42 Å². The highest BCUT2D eigenvalue weighted by atomic mass is 79.9. The van der Waals surface area contributed by atoms with Gasteiger partial charge in [0, 0.05) is 11.3 Å². The summed E-state index contributed by atoms with van der Waals surface area (Å²) in [6.07, 6.45) is 0.801. The third-order valence-corrected chi connectivity index (χ3v) is 3.80. The van der Waals surface area contributed by atoms with Crippen LogP contribution in [0.15, 0.2) is 28.7 Å². The number of nitrogens with zero attached hydrogens (tertiary/aromatic N) is 1. The van der Waals surface area contributed by atoms with Gasteiger partial charge in [0.25, 0.3) is 0 Å². The molecule has 1 aromatic carbocycles. The van der Waals surface area contributed by atoms with Crippen molar-refractivity contribution >= 4 is 28.1 Å². The lowest BCUT2D eigenvalue weighted by Crippen LogP contribution is -1.97. The van der Waals surface area contributed by atoms with Crippen LogP contribution < -0.4 is 0 Å². The van der Waals surface area contributed by atoms with Gasteiger partial charge >= 0.3 is 0 Å². The average Bonchev–Trinajstić information content (AvgIpc) is 2.32. The summed E-state index contributed by atoms with van der Waals surface area (Å²) in [5.74, 6) is 0.305. The second-order valence-corrected chi connectivity index (χ2v) is 4.73. The van der Waals surface area contributed by atoms with Crippen molar-refractivity contribution in [1.82, 2.24) is 9.97 Å². The monoisotopic (exact) mass is 312 g/mol. The van der Waals surface area contributed by atoms with Gasteiger partial charge in [0.05, 0.1) is 4.47 Å². The average molecular weight is 313 g/mol. The van der Waals surface area contributed by atoms with E-state index in [1.807, 2.05) is 6.92 Å². The summed E-state index contributed by atoms with van der Waals surface area (Å²) in [6, 6.07) is 6.28. The molecule has 0 spiro atoms. The van der Waals surface area contributed by atoms with Crippen LogP contribution in [0.1, 0.15) is 12.6 Å². The third kappa shape index (κ3) is 2.61. The normalized spacial score (nSPS) is 10.5. The summed E-state index contributed by atoms with van der Waals surface area (Å²) >= 11 is 8.55. The number of aromatic amines is 1. The third-order valence-electron chi connectivity index (χ3n) is 2.39. The van der Waals surface area contributed by atoms with Crippen molar-refractivity contribution < 1.29 is 4.39 Å². The Balaban J connectivity index is 2.61. The highest BCUT2D eigenvalue weighted by Crippen LogP contribution is 2.21. The van der Waals surface area contributed by atoms with Crippen LogP contribution in [0.4, 0.5) is 4.39 Å². The second-order valence-electron chi connectivity index (χ2n) is 3.55. The van der Waals surface area contributed by atoms with Crippen molar-refractivity contribution in [3.8, 4) is 11.4 Å². The van der Waals surface area contributed by atoms with Crippen LogP contribution in [0.5, 0.6) is 0 Å². The van der Waals surface area contributed by atoms with Gasteiger partial charge in [-0.15, -0.1) is 0 Å². The van der Waals surface area contributed by atoms with Gasteiger partial charge in [-0.05, 0) is 34.5 Å². The van der Waals surface area contributed by atoms with Gasteiger partial charge in [-0.2, -0.15) is 0 Å². The Bertz CT molecular complexity index is 610. The number of halogens is 2. The van der Waals surface area contributed by atoms with E-state index in [2.05, 4.69) is 25.9 Å². The summed E-state index contributed by atoms with van der Waals surface area (Å²) in [5.41, 5.74) is 1.66. The van der Waals surface area contributed by atoms with Crippen molar-refractivity contribution in [3.63, 3.8) is 0 Å². The molecule has 2 aromatic rings. The lowest BCUT2D eigenvalue weighted by atomic mass is 10.2. The minimum atomic E-state index is -0.287. The molecule has 1 heterocycles. The molecular weight excluding hydrogens is 303 g/mol. The van der Waals surface area contributed by atoms with Gasteiger partial charge < -0.3 is 4.98 Å². The van der Waals surface area contributed by atoms with Crippen molar-refractivity contribution in [2.24, 2.45) is 0 Å². The van der Waals surface area contributed by atoms with E-state index >= 15 is 0 Å². The van der Waals surface area contributed by atoms with Gasteiger partial charge in [0.15, 0.2) is 0 Å². The maximum absolute atomic E-state index is 13.1. The van der Waals surface area contributed by atoms with Crippen LogP contribution in [0, 0.1) is 10.5 Å². The first kappa shape index (κ1) is 12.4. The highest BCUT2D eigenvalue weighted by molar-refractivity contribution is 9.10. The van der Waals surface area contributed by atoms with Crippen molar-refractivity contribution in [3.05, 3.63) is 44.9 Å². The Morgan fingerprint density at radius 2 is 2.24 bits per heavy atom. The van der Waals surface area contributed by atoms with Gasteiger partial charge in [-0.25, -0.2) is 9.37 Å². The smallest absolute Gasteiger partial charge is 0.144 e. The molecule has 0 saturated heterocycles. The summed E-state index contributed by atoms with van der Waals surface area (Å²) in [4.78, 5) is 7.39. The van der Waals surface area contributed by atoms with E-state index in [9.17, 15) is 4.39 Å². The Kier molecular flexibility index (Phi) is 3.69. The van der Waals surface area contributed by atoms with Crippen LogP contribution >= 0.6 is 28.1 Å². The molecule has 0 radical (unpaired) electrons. The van der Waals surface area contributed by atoms with Crippen molar-refractivity contribution in [2.45, 2.75) is 13.3 Å². The molecule has 1 aromatic heterocycles. The van der Waals surface area contributed by atoms with Gasteiger partial charge in [0.2, 0.25) is 0 Å². The van der Waals surface area contributed by atoms with Crippen molar-refractivity contribution in [1.29, 1.82) is 0 Å². The lowest BCUT2D eigenvalue weighted by Gasteiger charge is -2.06. The Labute approximate surface area is 112 Å². The summed E-state index contributed by atoms with van der Waals surface area (Å²) in [5, 5.41) is 0. The maximum Gasteiger partial charge on any atom is 0.144 e. The molecule has 2 rings (SSSR count). The minimum absolute atomic E-state index is 0.287. The van der Waals surface area contributed by atoms with E-state index < -0.39 is 0 Å². The molecule has 0 unspecified atom stereocenters. The Morgan fingerprint density at radius 1 is 1.47 bits per heavy atom. The molecule has 1 N–H and O–H groups in total. The number of aryl methyl sites for hydroxylation is 1. The molecule has 0 saturated carbocycles. The van der Waals surface area contributed by atoms with Crippen LogP contribution in [0.25, 0.3) is 11.4 Å². The van der Waals surface area contributed by atoms with Gasteiger partial charge in [0.1, 0.15) is 16.3 Å². The molecular formula is C12H10BrFN2S. The molecule has 0 atom stereocenters. The zero-order chi connectivity index (χ0) is 12.4. The topological polar surface area (TPSA) is 28.7 Å². The number of hydrogen-bond acceptors (Lipinski definition) is 2. The van der Waals surface area contributed by atoms with Crippen LogP contribution in [0.2, 0.25) is 0 Å². The molecule has 17 heavy (non-hydrogen) atoms. The number of rotatable bonds is 2. The first-order chi connectivity index (χ1) is 8.11. The Morgan fingerprint density at radius 3 is 2.88 bits per heavy atom.